The molecule has 0 saturated carbocycles. The van der Waals surface area contributed by atoms with Crippen LogP contribution in [-0.4, -0.2) is 31.5 Å². The van der Waals surface area contributed by atoms with Crippen LogP contribution in [0.15, 0.2) is 0 Å². The van der Waals surface area contributed by atoms with Gasteiger partial charge in [-0.15, -0.1) is 0 Å². The van der Waals surface area contributed by atoms with Crippen molar-refractivity contribution < 1.29 is 39.5 Å². The first-order chi connectivity index (χ1) is 3.13. The molecule has 4 heteroatoms. The van der Waals surface area contributed by atoms with E-state index in [1.54, 1.807) is 14.1 Å². The molecule has 0 fully saturated rings. The third-order valence-electron chi connectivity index (χ3n) is 0.445. The summed E-state index contributed by atoms with van der Waals surface area (Å²) in [4.78, 5) is 11.2. The molecule has 0 aliphatic heterocycles. The molecule has 0 amide bonds. The van der Waals surface area contributed by atoms with Crippen LogP contribution in [-0.2, 0) is 4.79 Å². The monoisotopic (exact) mass is 125 g/mol. The van der Waals surface area contributed by atoms with Crippen molar-refractivity contribution in [3.63, 3.8) is 0 Å². The number of hydrogen-bond donors (Lipinski definition) is 0. The predicted octanol–water partition coefficient (Wildman–Crippen LogP) is -4.70. The van der Waals surface area contributed by atoms with E-state index < -0.39 is 5.97 Å². The molecule has 0 spiro atoms. The molecular weight excluding hydrogens is 117 g/mol. The Morgan fingerprint density at radius 1 is 1.62 bits per heavy atom. The van der Waals surface area contributed by atoms with Gasteiger partial charge in [-0.25, -0.2) is 0 Å². The molecule has 8 heavy (non-hydrogen) atoms. The molecule has 0 radical (unpaired) electrons. The Kier molecular flexibility index (Phi) is 7.83. The Morgan fingerprint density at radius 3 is 2.00 bits per heavy atom. The van der Waals surface area contributed by atoms with Gasteiger partial charge in [-0.1, -0.05) is 0 Å². The largest absolute Gasteiger partial charge is 1.00 e. The molecule has 0 heterocycles. The summed E-state index contributed by atoms with van der Waals surface area (Å²) in [5.74, 6) is -1.04. The van der Waals surface area contributed by atoms with Crippen molar-refractivity contribution in [3.05, 3.63) is 0 Å². The molecule has 0 aromatic carbocycles. The van der Waals surface area contributed by atoms with E-state index in [4.69, 9.17) is 0 Å². The molecular formula is C4H8NNaO2. The van der Waals surface area contributed by atoms with E-state index in [-0.39, 0.29) is 36.1 Å². The quantitative estimate of drug-likeness (QED) is 0.348. The van der Waals surface area contributed by atoms with Gasteiger partial charge in [0.2, 0.25) is 0 Å². The van der Waals surface area contributed by atoms with E-state index in [0.717, 1.165) is 0 Å². The van der Waals surface area contributed by atoms with Crippen LogP contribution in [0.4, 0.5) is 0 Å². The Hall–Kier alpha value is 0.430. The Labute approximate surface area is 71.0 Å². The van der Waals surface area contributed by atoms with Gasteiger partial charge < -0.3 is 14.8 Å². The Bertz CT molecular complexity index is 74.4. The van der Waals surface area contributed by atoms with Gasteiger partial charge in [-0.3, -0.25) is 0 Å². The fourth-order valence-electron chi connectivity index (χ4n) is 0.258. The van der Waals surface area contributed by atoms with E-state index in [9.17, 15) is 9.90 Å². The molecule has 0 aromatic rings. The normalized spacial score (nSPS) is 8.38. The van der Waals surface area contributed by atoms with Crippen LogP contribution in [0.25, 0.3) is 0 Å². The summed E-state index contributed by atoms with van der Waals surface area (Å²) < 4.78 is 0. The fourth-order valence-corrected chi connectivity index (χ4v) is 0.258. The van der Waals surface area contributed by atoms with Crippen molar-refractivity contribution in [2.45, 2.75) is 0 Å². The average molecular weight is 125 g/mol. The Balaban J connectivity index is 0. The summed E-state index contributed by atoms with van der Waals surface area (Å²) in [6.07, 6.45) is 0. The molecule has 0 aliphatic rings. The summed E-state index contributed by atoms with van der Waals surface area (Å²) in [7, 11) is 3.35. The molecule has 0 aliphatic carbocycles. The van der Waals surface area contributed by atoms with Gasteiger partial charge >= 0.3 is 29.6 Å². The molecule has 0 N–H and O–H groups in total. The molecule has 0 rings (SSSR count). The van der Waals surface area contributed by atoms with Crippen LogP contribution in [0.1, 0.15) is 0 Å². The number of carboxylic acids is 1. The van der Waals surface area contributed by atoms with Crippen LogP contribution in [0.5, 0.6) is 0 Å². The summed E-state index contributed by atoms with van der Waals surface area (Å²) in [6.45, 7) is 0. The van der Waals surface area contributed by atoms with Gasteiger partial charge in [0.1, 0.15) is 0 Å². The zero-order valence-electron chi connectivity index (χ0n) is 5.47. The number of hydrogen-bond acceptors (Lipinski definition) is 3. The number of carbonyl (C=O) groups excluding carboxylic acids is 1. The van der Waals surface area contributed by atoms with Crippen LogP contribution in [0, 0.1) is 0 Å². The number of nitrogens with zero attached hydrogens (tertiary/aromatic N) is 1. The van der Waals surface area contributed by atoms with Crippen molar-refractivity contribution in [2.75, 3.05) is 20.6 Å². The SMILES string of the molecule is CN(C)CC(=O)[O-].[Na+]. The van der Waals surface area contributed by atoms with Crippen molar-refractivity contribution in [3.8, 4) is 0 Å². The van der Waals surface area contributed by atoms with Crippen LogP contribution < -0.4 is 34.7 Å². The van der Waals surface area contributed by atoms with E-state index >= 15 is 0 Å². The second-order valence-electron chi connectivity index (χ2n) is 1.61. The minimum absolute atomic E-state index is 0. The number of likely N-dealkylation sites (N-methyl/N-ethyl adjacent to an activating group) is 1. The van der Waals surface area contributed by atoms with Gasteiger partial charge in [-0.2, -0.15) is 0 Å². The molecule has 0 saturated heterocycles. The maximum Gasteiger partial charge on any atom is 1.00 e. The molecule has 3 nitrogen and oxygen atoms in total. The van der Waals surface area contributed by atoms with Crippen LogP contribution >= 0.6 is 0 Å². The fraction of sp³-hybridized carbons (Fsp3) is 0.750. The van der Waals surface area contributed by atoms with Gasteiger partial charge in [0.05, 0.1) is 5.97 Å². The smallest absolute Gasteiger partial charge is 0.549 e. The summed E-state index contributed by atoms with van der Waals surface area (Å²) in [6, 6.07) is 0. The first kappa shape index (κ1) is 11.3. The molecule has 42 valence electrons. The average Bonchev–Trinajstić information content (AvgIpc) is 1.27. The second kappa shape index (κ2) is 5.56. The summed E-state index contributed by atoms with van der Waals surface area (Å²) >= 11 is 0. The minimum atomic E-state index is -1.04. The molecule has 0 aromatic heterocycles. The van der Waals surface area contributed by atoms with Gasteiger partial charge in [0.25, 0.3) is 0 Å². The molecule has 0 unspecified atom stereocenters. The Morgan fingerprint density at radius 2 is 2.00 bits per heavy atom. The third kappa shape index (κ3) is 9.66. The second-order valence-corrected chi connectivity index (χ2v) is 1.61. The maximum absolute atomic E-state index is 9.66. The van der Waals surface area contributed by atoms with Crippen LogP contribution in [0.3, 0.4) is 0 Å². The van der Waals surface area contributed by atoms with E-state index in [2.05, 4.69) is 0 Å². The zero-order chi connectivity index (χ0) is 5.86. The van der Waals surface area contributed by atoms with Gasteiger partial charge in [0.15, 0.2) is 0 Å². The minimum Gasteiger partial charge on any atom is -0.549 e. The van der Waals surface area contributed by atoms with E-state index in [0.29, 0.717) is 0 Å². The first-order valence-electron chi connectivity index (χ1n) is 1.97. The van der Waals surface area contributed by atoms with E-state index in [1.807, 2.05) is 0 Å². The molecule has 0 atom stereocenters. The zero-order valence-corrected chi connectivity index (χ0v) is 7.47. The number of carboxylic acid groups (broad SMARTS) is 1. The maximum atomic E-state index is 9.66. The van der Waals surface area contributed by atoms with Crippen molar-refractivity contribution in [1.82, 2.24) is 4.90 Å². The molecule has 0 bridgehead atoms. The first-order valence-corrected chi connectivity index (χ1v) is 1.97. The number of rotatable bonds is 2. The van der Waals surface area contributed by atoms with Crippen LogP contribution in [0.2, 0.25) is 0 Å². The van der Waals surface area contributed by atoms with Crippen molar-refractivity contribution >= 4 is 5.97 Å². The third-order valence-corrected chi connectivity index (χ3v) is 0.445. The van der Waals surface area contributed by atoms with Crippen molar-refractivity contribution in [1.29, 1.82) is 0 Å². The van der Waals surface area contributed by atoms with Crippen molar-refractivity contribution in [2.24, 2.45) is 0 Å². The number of carbonyl (C=O) groups is 1. The van der Waals surface area contributed by atoms with Gasteiger partial charge in [-0.05, 0) is 14.1 Å². The number of aliphatic carboxylic acids is 1. The predicted molar refractivity (Wildman–Crippen MR) is 23.6 cm³/mol. The van der Waals surface area contributed by atoms with Gasteiger partial charge in [0, 0.05) is 6.54 Å². The van der Waals surface area contributed by atoms with E-state index in [1.165, 1.54) is 4.90 Å². The summed E-state index contributed by atoms with van der Waals surface area (Å²) in [5.41, 5.74) is 0. The topological polar surface area (TPSA) is 43.4 Å². The summed E-state index contributed by atoms with van der Waals surface area (Å²) in [5, 5.41) is 9.66. The standard InChI is InChI=1S/C4H9NO2.Na/c1-5(2)3-4(6)7;/h3H2,1-2H3,(H,6,7);/q;+1/p-1.